The maximum absolute atomic E-state index is 11.3. The van der Waals surface area contributed by atoms with Gasteiger partial charge < -0.3 is 9.47 Å². The summed E-state index contributed by atoms with van der Waals surface area (Å²) in [4.78, 5) is 21.5. The molecule has 17 heavy (non-hydrogen) atoms. The summed E-state index contributed by atoms with van der Waals surface area (Å²) in [6.07, 6.45) is 0. The molecule has 2 aromatic carbocycles. The fourth-order valence-electron chi connectivity index (χ4n) is 1.60. The lowest BCUT2D eigenvalue weighted by atomic mass is 10.1. The van der Waals surface area contributed by atoms with E-state index in [1.54, 1.807) is 36.4 Å². The van der Waals surface area contributed by atoms with Crippen molar-refractivity contribution in [1.82, 2.24) is 0 Å². The summed E-state index contributed by atoms with van der Waals surface area (Å²) < 4.78 is 9.38. The van der Waals surface area contributed by atoms with Gasteiger partial charge in [-0.3, -0.25) is 4.79 Å². The van der Waals surface area contributed by atoms with Crippen LogP contribution in [-0.4, -0.2) is 19.6 Å². The standard InChI is InChI=1S/C13H10O4/c1-16-13(15)11-3-2-10-7-12(17-8-14)5-4-9(10)6-11/h2-8H,1H3. The van der Waals surface area contributed by atoms with Gasteiger partial charge in [0.15, 0.2) is 0 Å². The minimum absolute atomic E-state index is 0.375. The van der Waals surface area contributed by atoms with E-state index in [1.807, 2.05) is 0 Å². The number of carbonyl (C=O) groups is 2. The summed E-state index contributed by atoms with van der Waals surface area (Å²) in [5.41, 5.74) is 0.490. The monoisotopic (exact) mass is 230 g/mol. The van der Waals surface area contributed by atoms with E-state index in [0.29, 0.717) is 17.8 Å². The van der Waals surface area contributed by atoms with Crippen molar-refractivity contribution in [2.75, 3.05) is 7.11 Å². The molecule has 0 aromatic heterocycles. The molecule has 0 bridgehead atoms. The first-order valence-electron chi connectivity index (χ1n) is 4.97. The minimum Gasteiger partial charge on any atom is -0.465 e. The number of benzene rings is 2. The quantitative estimate of drug-likeness (QED) is 0.599. The van der Waals surface area contributed by atoms with Crippen molar-refractivity contribution in [2.24, 2.45) is 0 Å². The van der Waals surface area contributed by atoms with Gasteiger partial charge in [0.05, 0.1) is 12.7 Å². The molecule has 0 atom stereocenters. The van der Waals surface area contributed by atoms with Crippen molar-refractivity contribution in [1.29, 1.82) is 0 Å². The topological polar surface area (TPSA) is 52.6 Å². The molecule has 0 heterocycles. The highest BCUT2D eigenvalue weighted by Gasteiger charge is 2.06. The van der Waals surface area contributed by atoms with Crippen LogP contribution in [0, 0.1) is 0 Å². The second kappa shape index (κ2) is 4.65. The number of rotatable bonds is 3. The van der Waals surface area contributed by atoms with Crippen LogP contribution >= 0.6 is 0 Å². The molecule has 86 valence electrons. The fourth-order valence-corrected chi connectivity index (χ4v) is 1.60. The highest BCUT2D eigenvalue weighted by atomic mass is 16.5. The molecule has 0 aliphatic carbocycles. The Kier molecular flexibility index (Phi) is 3.05. The molecule has 0 aliphatic rings. The maximum Gasteiger partial charge on any atom is 0.337 e. The van der Waals surface area contributed by atoms with Crippen molar-refractivity contribution >= 4 is 23.2 Å². The lowest BCUT2D eigenvalue weighted by molar-refractivity contribution is -0.120. The molecule has 0 aliphatic heterocycles. The third kappa shape index (κ3) is 2.25. The Morgan fingerprint density at radius 3 is 2.53 bits per heavy atom. The number of fused-ring (bicyclic) bond motifs is 1. The second-order valence-corrected chi connectivity index (χ2v) is 3.43. The fraction of sp³-hybridized carbons (Fsp3) is 0.0769. The molecule has 0 N–H and O–H groups in total. The van der Waals surface area contributed by atoms with Crippen LogP contribution in [0.1, 0.15) is 10.4 Å². The highest BCUT2D eigenvalue weighted by molar-refractivity contribution is 5.95. The van der Waals surface area contributed by atoms with E-state index in [-0.39, 0.29) is 5.97 Å². The van der Waals surface area contributed by atoms with Gasteiger partial charge in [-0.2, -0.15) is 0 Å². The van der Waals surface area contributed by atoms with Gasteiger partial charge in [0.1, 0.15) is 5.75 Å². The summed E-state index contributed by atoms with van der Waals surface area (Å²) in [7, 11) is 1.34. The Morgan fingerprint density at radius 1 is 1.12 bits per heavy atom. The molecule has 4 nitrogen and oxygen atoms in total. The van der Waals surface area contributed by atoms with Crippen LogP contribution < -0.4 is 4.74 Å². The first kappa shape index (κ1) is 11.1. The Morgan fingerprint density at radius 2 is 1.82 bits per heavy atom. The molecule has 0 unspecified atom stereocenters. The zero-order valence-corrected chi connectivity index (χ0v) is 9.17. The van der Waals surface area contributed by atoms with Crippen LogP contribution in [0.25, 0.3) is 10.8 Å². The molecule has 0 spiro atoms. The van der Waals surface area contributed by atoms with E-state index < -0.39 is 0 Å². The molecule has 4 heteroatoms. The number of ether oxygens (including phenoxy) is 2. The average molecular weight is 230 g/mol. The second-order valence-electron chi connectivity index (χ2n) is 3.43. The van der Waals surface area contributed by atoms with Crippen LogP contribution in [0.2, 0.25) is 0 Å². The smallest absolute Gasteiger partial charge is 0.337 e. The molecule has 0 amide bonds. The van der Waals surface area contributed by atoms with E-state index in [0.717, 1.165) is 10.8 Å². The lowest BCUT2D eigenvalue weighted by Crippen LogP contribution is -2.00. The van der Waals surface area contributed by atoms with Crippen LogP contribution in [0.15, 0.2) is 36.4 Å². The third-order valence-corrected chi connectivity index (χ3v) is 2.42. The number of hydrogen-bond donors (Lipinski definition) is 0. The van der Waals surface area contributed by atoms with Crippen LogP contribution in [0.5, 0.6) is 5.75 Å². The normalized spacial score (nSPS) is 9.94. The zero-order chi connectivity index (χ0) is 12.3. The van der Waals surface area contributed by atoms with Gasteiger partial charge in [0, 0.05) is 0 Å². The number of carbonyl (C=O) groups excluding carboxylic acids is 2. The number of methoxy groups -OCH3 is 1. The summed E-state index contributed by atoms with van der Waals surface area (Å²) in [5.74, 6) is 0.0958. The van der Waals surface area contributed by atoms with E-state index in [9.17, 15) is 9.59 Å². The number of hydrogen-bond acceptors (Lipinski definition) is 4. The van der Waals surface area contributed by atoms with Crippen molar-refractivity contribution in [2.45, 2.75) is 0 Å². The summed E-state index contributed by atoms with van der Waals surface area (Å²) in [5, 5.41) is 1.77. The van der Waals surface area contributed by atoms with Gasteiger partial charge in [0.25, 0.3) is 6.47 Å². The third-order valence-electron chi connectivity index (χ3n) is 2.42. The Bertz CT molecular complexity index is 575. The van der Waals surface area contributed by atoms with Gasteiger partial charge >= 0.3 is 5.97 Å². The van der Waals surface area contributed by atoms with Crippen molar-refractivity contribution in [3.05, 3.63) is 42.0 Å². The molecular weight excluding hydrogens is 220 g/mol. The first-order chi connectivity index (χ1) is 8.24. The molecule has 0 fully saturated rings. The first-order valence-corrected chi connectivity index (χ1v) is 4.97. The number of esters is 1. The predicted octanol–water partition coefficient (Wildman–Crippen LogP) is 2.16. The zero-order valence-electron chi connectivity index (χ0n) is 9.17. The van der Waals surface area contributed by atoms with Crippen molar-refractivity contribution in [3.63, 3.8) is 0 Å². The van der Waals surface area contributed by atoms with Crippen molar-refractivity contribution in [3.8, 4) is 5.75 Å². The van der Waals surface area contributed by atoms with E-state index in [2.05, 4.69) is 4.74 Å². The molecular formula is C13H10O4. The van der Waals surface area contributed by atoms with E-state index in [1.165, 1.54) is 7.11 Å². The lowest BCUT2D eigenvalue weighted by Gasteiger charge is -2.03. The SMILES string of the molecule is COC(=O)c1ccc2cc(OC=O)ccc2c1. The van der Waals surface area contributed by atoms with Gasteiger partial charge in [-0.25, -0.2) is 4.79 Å². The predicted molar refractivity (Wildman–Crippen MR) is 62.0 cm³/mol. The van der Waals surface area contributed by atoms with E-state index >= 15 is 0 Å². The molecule has 0 radical (unpaired) electrons. The molecule has 2 aromatic rings. The summed E-state index contributed by atoms with van der Waals surface area (Å²) in [6.45, 7) is 0.379. The molecule has 0 saturated heterocycles. The van der Waals surface area contributed by atoms with Crippen LogP contribution in [-0.2, 0) is 9.53 Å². The Hall–Kier alpha value is -2.36. The van der Waals surface area contributed by atoms with Crippen molar-refractivity contribution < 1.29 is 19.1 Å². The largest absolute Gasteiger partial charge is 0.465 e. The van der Waals surface area contributed by atoms with Crippen LogP contribution in [0.3, 0.4) is 0 Å². The molecule has 2 rings (SSSR count). The Balaban J connectivity index is 2.46. The average Bonchev–Trinajstić information content (AvgIpc) is 2.37. The van der Waals surface area contributed by atoms with Gasteiger partial charge in [-0.15, -0.1) is 0 Å². The van der Waals surface area contributed by atoms with E-state index in [4.69, 9.17) is 4.74 Å². The maximum atomic E-state index is 11.3. The minimum atomic E-state index is -0.375. The summed E-state index contributed by atoms with van der Waals surface area (Å²) >= 11 is 0. The molecule has 0 saturated carbocycles. The highest BCUT2D eigenvalue weighted by Crippen LogP contribution is 2.22. The Labute approximate surface area is 97.8 Å². The van der Waals surface area contributed by atoms with Crippen LogP contribution in [0.4, 0.5) is 0 Å². The van der Waals surface area contributed by atoms with Gasteiger partial charge in [-0.1, -0.05) is 12.1 Å². The van der Waals surface area contributed by atoms with Gasteiger partial charge in [0.2, 0.25) is 0 Å². The van der Waals surface area contributed by atoms with Gasteiger partial charge in [-0.05, 0) is 35.0 Å². The summed E-state index contributed by atoms with van der Waals surface area (Å²) in [6, 6.07) is 10.3.